The van der Waals surface area contributed by atoms with Gasteiger partial charge in [0.15, 0.2) is 0 Å². The average molecular weight is 388 g/mol. The van der Waals surface area contributed by atoms with Gasteiger partial charge in [0.1, 0.15) is 23.0 Å². The molecule has 3 aromatic carbocycles. The van der Waals surface area contributed by atoms with Crippen LogP contribution in [0.4, 0.5) is 5.69 Å². The lowest BCUT2D eigenvalue weighted by Gasteiger charge is -2.14. The van der Waals surface area contributed by atoms with Crippen LogP contribution in [0.3, 0.4) is 0 Å². The highest BCUT2D eigenvalue weighted by Crippen LogP contribution is 2.36. The van der Waals surface area contributed by atoms with Crippen LogP contribution in [-0.2, 0) is 0 Å². The van der Waals surface area contributed by atoms with Crippen molar-refractivity contribution in [3.05, 3.63) is 53.1 Å². The van der Waals surface area contributed by atoms with Crippen molar-refractivity contribution in [3.63, 3.8) is 0 Å². The van der Waals surface area contributed by atoms with E-state index < -0.39 is 5.91 Å². The number of benzene rings is 3. The minimum Gasteiger partial charge on any atom is -0.507 e. The van der Waals surface area contributed by atoms with Crippen LogP contribution in [0, 0.1) is 0 Å². The van der Waals surface area contributed by atoms with Crippen molar-refractivity contribution in [2.45, 2.75) is 0 Å². The number of hydrogen-bond donors (Lipinski definition) is 2. The van der Waals surface area contributed by atoms with E-state index in [0.717, 1.165) is 10.8 Å². The maximum Gasteiger partial charge on any atom is 0.259 e. The monoisotopic (exact) mass is 387 g/mol. The minimum absolute atomic E-state index is 0.117. The van der Waals surface area contributed by atoms with Crippen LogP contribution in [0.5, 0.6) is 23.0 Å². The number of amides is 1. The third-order valence-electron chi connectivity index (χ3n) is 4.13. The highest BCUT2D eigenvalue weighted by Gasteiger charge is 2.17. The molecule has 6 nitrogen and oxygen atoms in total. The zero-order valence-electron chi connectivity index (χ0n) is 15.0. The van der Waals surface area contributed by atoms with Crippen molar-refractivity contribution in [3.8, 4) is 23.0 Å². The summed E-state index contributed by atoms with van der Waals surface area (Å²) in [7, 11) is 4.50. The van der Waals surface area contributed by atoms with Crippen LogP contribution >= 0.6 is 11.6 Å². The fourth-order valence-electron chi connectivity index (χ4n) is 2.72. The van der Waals surface area contributed by atoms with E-state index in [4.69, 9.17) is 25.8 Å². The molecule has 0 radical (unpaired) electrons. The fraction of sp³-hybridized carbons (Fsp3) is 0.150. The first kappa shape index (κ1) is 18.7. The molecular formula is C20H18ClNO5. The molecule has 1 amide bonds. The molecule has 140 valence electrons. The van der Waals surface area contributed by atoms with Gasteiger partial charge in [-0.3, -0.25) is 4.79 Å². The van der Waals surface area contributed by atoms with Crippen molar-refractivity contribution in [2.75, 3.05) is 26.6 Å². The Balaban J connectivity index is 2.00. The average Bonchev–Trinajstić information content (AvgIpc) is 2.67. The molecule has 0 heterocycles. The summed E-state index contributed by atoms with van der Waals surface area (Å²) >= 11 is 6.08. The first-order chi connectivity index (χ1) is 13.0. The Bertz CT molecular complexity index is 1020. The summed E-state index contributed by atoms with van der Waals surface area (Å²) in [6, 6.07) is 11.6. The molecule has 0 aromatic heterocycles. The molecule has 0 saturated heterocycles. The number of hydrogen-bond acceptors (Lipinski definition) is 5. The first-order valence-corrected chi connectivity index (χ1v) is 8.38. The predicted molar refractivity (Wildman–Crippen MR) is 105 cm³/mol. The number of ether oxygens (including phenoxy) is 3. The number of rotatable bonds is 5. The van der Waals surface area contributed by atoms with Crippen molar-refractivity contribution in [1.82, 2.24) is 0 Å². The maximum absolute atomic E-state index is 12.8. The van der Waals surface area contributed by atoms with E-state index in [-0.39, 0.29) is 11.3 Å². The van der Waals surface area contributed by atoms with Crippen LogP contribution in [0.2, 0.25) is 5.02 Å². The normalized spacial score (nSPS) is 10.5. The van der Waals surface area contributed by atoms with Gasteiger partial charge in [0.2, 0.25) is 0 Å². The van der Waals surface area contributed by atoms with Gasteiger partial charge < -0.3 is 24.6 Å². The van der Waals surface area contributed by atoms with Crippen LogP contribution in [0.15, 0.2) is 42.5 Å². The molecule has 3 aromatic rings. The van der Waals surface area contributed by atoms with Crippen molar-refractivity contribution in [2.24, 2.45) is 0 Å². The van der Waals surface area contributed by atoms with E-state index in [2.05, 4.69) is 5.32 Å². The molecule has 0 unspecified atom stereocenters. The Hall–Kier alpha value is -3.12. The van der Waals surface area contributed by atoms with E-state index in [9.17, 15) is 9.90 Å². The summed E-state index contributed by atoms with van der Waals surface area (Å²) in [5, 5.41) is 14.9. The minimum atomic E-state index is -0.500. The molecule has 3 rings (SSSR count). The number of methoxy groups -OCH3 is 3. The quantitative estimate of drug-likeness (QED) is 0.675. The van der Waals surface area contributed by atoms with Gasteiger partial charge in [-0.2, -0.15) is 0 Å². The summed E-state index contributed by atoms with van der Waals surface area (Å²) in [4.78, 5) is 12.8. The number of carbonyl (C=O) groups excluding carboxylic acids is 1. The third-order valence-corrected chi connectivity index (χ3v) is 4.42. The Morgan fingerprint density at radius 2 is 1.67 bits per heavy atom. The number of nitrogens with one attached hydrogen (secondary N) is 1. The number of fused-ring (bicyclic) bond motifs is 1. The molecule has 7 heteroatoms. The van der Waals surface area contributed by atoms with Crippen molar-refractivity contribution in [1.29, 1.82) is 0 Å². The molecule has 2 N–H and O–H groups in total. The summed E-state index contributed by atoms with van der Waals surface area (Å²) in [6.07, 6.45) is 0. The van der Waals surface area contributed by atoms with Gasteiger partial charge >= 0.3 is 0 Å². The SMILES string of the molecule is COc1ccc2cc(O)c(C(=O)Nc3cc(OC)c(Cl)cc3OC)cc2c1. The predicted octanol–water partition coefficient (Wildman–Crippen LogP) is 4.48. The number of carbonyl (C=O) groups is 1. The van der Waals surface area contributed by atoms with Gasteiger partial charge in [-0.05, 0) is 35.0 Å². The number of phenols is 1. The second-order valence-corrected chi connectivity index (χ2v) is 6.13. The zero-order valence-corrected chi connectivity index (χ0v) is 15.8. The summed E-state index contributed by atoms with van der Waals surface area (Å²) in [5.41, 5.74) is 0.487. The number of aromatic hydroxyl groups is 1. The second-order valence-electron chi connectivity index (χ2n) is 5.72. The lowest BCUT2D eigenvalue weighted by Crippen LogP contribution is -2.13. The summed E-state index contributed by atoms with van der Waals surface area (Å²) < 4.78 is 15.6. The molecule has 0 spiro atoms. The molecule has 0 fully saturated rings. The second kappa shape index (κ2) is 7.63. The lowest BCUT2D eigenvalue weighted by molar-refractivity contribution is 0.102. The topological polar surface area (TPSA) is 77.0 Å². The highest BCUT2D eigenvalue weighted by molar-refractivity contribution is 6.32. The van der Waals surface area contributed by atoms with Crippen LogP contribution in [-0.4, -0.2) is 32.3 Å². The van der Waals surface area contributed by atoms with Gasteiger partial charge in [0.05, 0.1) is 37.6 Å². The molecule has 0 saturated carbocycles. The Kier molecular flexibility index (Phi) is 5.28. The van der Waals surface area contributed by atoms with E-state index in [1.54, 1.807) is 37.4 Å². The van der Waals surface area contributed by atoms with Crippen LogP contribution in [0.1, 0.15) is 10.4 Å². The molecule has 0 atom stereocenters. The van der Waals surface area contributed by atoms with Gasteiger partial charge in [-0.25, -0.2) is 0 Å². The lowest BCUT2D eigenvalue weighted by atomic mass is 10.0. The van der Waals surface area contributed by atoms with Gasteiger partial charge in [-0.15, -0.1) is 0 Å². The van der Waals surface area contributed by atoms with E-state index in [1.807, 2.05) is 6.07 Å². The smallest absolute Gasteiger partial charge is 0.259 e. The molecular weight excluding hydrogens is 370 g/mol. The Labute approximate surface area is 161 Å². The standard InChI is InChI=1S/C20H18ClNO5/c1-25-13-5-4-11-8-17(23)14(7-12(11)6-13)20(24)22-16-10-18(26-2)15(21)9-19(16)27-3/h4-10,23H,1-3H3,(H,22,24). The Morgan fingerprint density at radius 1 is 0.926 bits per heavy atom. The van der Waals surface area contributed by atoms with E-state index in [0.29, 0.717) is 28.0 Å². The van der Waals surface area contributed by atoms with Crippen LogP contribution in [0.25, 0.3) is 10.8 Å². The van der Waals surface area contributed by atoms with E-state index >= 15 is 0 Å². The summed E-state index contributed by atoms with van der Waals surface area (Å²) in [5.74, 6) is 0.782. The third kappa shape index (κ3) is 3.71. The number of anilines is 1. The summed E-state index contributed by atoms with van der Waals surface area (Å²) in [6.45, 7) is 0. The van der Waals surface area contributed by atoms with Gasteiger partial charge in [0, 0.05) is 12.1 Å². The molecule has 0 aliphatic rings. The first-order valence-electron chi connectivity index (χ1n) is 8.00. The highest BCUT2D eigenvalue weighted by atomic mass is 35.5. The van der Waals surface area contributed by atoms with E-state index in [1.165, 1.54) is 20.3 Å². The molecule has 0 aliphatic carbocycles. The molecule has 0 bridgehead atoms. The maximum atomic E-state index is 12.8. The molecule has 0 aliphatic heterocycles. The van der Waals surface area contributed by atoms with Crippen molar-refractivity contribution < 1.29 is 24.1 Å². The van der Waals surface area contributed by atoms with Crippen LogP contribution < -0.4 is 19.5 Å². The number of halogens is 1. The fourth-order valence-corrected chi connectivity index (χ4v) is 2.95. The van der Waals surface area contributed by atoms with Gasteiger partial charge in [-0.1, -0.05) is 17.7 Å². The largest absolute Gasteiger partial charge is 0.507 e. The van der Waals surface area contributed by atoms with Gasteiger partial charge in [0.25, 0.3) is 5.91 Å². The molecule has 27 heavy (non-hydrogen) atoms. The van der Waals surface area contributed by atoms with Crippen molar-refractivity contribution >= 4 is 34.0 Å². The number of phenolic OH excluding ortho intramolecular Hbond substituents is 1. The Morgan fingerprint density at radius 3 is 2.33 bits per heavy atom. The zero-order chi connectivity index (χ0) is 19.6.